The van der Waals surface area contributed by atoms with E-state index in [1.165, 1.54) is 16.2 Å². The SMILES string of the molecule is COc1ccccc1C1/C(=C(\O)c2ccc(OCC(C)C)c(C)c2)C(=O)C(=O)N1Cc1cccs1. The van der Waals surface area contributed by atoms with Crippen LogP contribution in [-0.4, -0.2) is 35.4 Å². The average molecular weight is 492 g/mol. The van der Waals surface area contributed by atoms with E-state index in [-0.39, 0.29) is 17.9 Å². The molecule has 1 saturated heterocycles. The topological polar surface area (TPSA) is 76.1 Å². The highest BCUT2D eigenvalue weighted by molar-refractivity contribution is 7.09. The molecule has 1 atom stereocenters. The van der Waals surface area contributed by atoms with E-state index in [1.54, 1.807) is 31.4 Å². The number of rotatable bonds is 8. The van der Waals surface area contributed by atoms with E-state index < -0.39 is 17.7 Å². The number of aryl methyl sites for hydroxylation is 1. The first kappa shape index (κ1) is 24.5. The van der Waals surface area contributed by atoms with Crippen LogP contribution in [0.2, 0.25) is 0 Å². The molecular weight excluding hydrogens is 462 g/mol. The summed E-state index contributed by atoms with van der Waals surface area (Å²) in [5.74, 6) is 0.0519. The number of hydrogen-bond donors (Lipinski definition) is 1. The number of para-hydroxylation sites is 1. The monoisotopic (exact) mass is 491 g/mol. The summed E-state index contributed by atoms with van der Waals surface area (Å²) in [4.78, 5) is 29.0. The lowest BCUT2D eigenvalue weighted by Crippen LogP contribution is -2.29. The molecule has 0 bridgehead atoms. The van der Waals surface area contributed by atoms with E-state index in [2.05, 4.69) is 13.8 Å². The molecule has 6 nitrogen and oxygen atoms in total. The van der Waals surface area contributed by atoms with E-state index >= 15 is 0 Å². The number of benzene rings is 2. The number of aliphatic hydroxyl groups is 1. The highest BCUT2D eigenvalue weighted by atomic mass is 32.1. The molecule has 1 unspecified atom stereocenters. The summed E-state index contributed by atoms with van der Waals surface area (Å²) < 4.78 is 11.4. The van der Waals surface area contributed by atoms with E-state index in [9.17, 15) is 14.7 Å². The summed E-state index contributed by atoms with van der Waals surface area (Å²) in [5.41, 5.74) is 1.97. The number of hydrogen-bond acceptors (Lipinski definition) is 6. The second-order valence-electron chi connectivity index (χ2n) is 8.93. The molecule has 1 aliphatic heterocycles. The number of Topliss-reactive ketones (excluding diaryl/α,β-unsaturated/α-hetero) is 1. The third kappa shape index (κ3) is 4.95. The highest BCUT2D eigenvalue weighted by Crippen LogP contribution is 2.43. The van der Waals surface area contributed by atoms with Gasteiger partial charge in [-0.2, -0.15) is 0 Å². The van der Waals surface area contributed by atoms with Crippen LogP contribution in [0.5, 0.6) is 11.5 Å². The third-order valence-electron chi connectivity index (χ3n) is 5.90. The van der Waals surface area contributed by atoms with E-state index in [0.29, 0.717) is 29.4 Å². The van der Waals surface area contributed by atoms with Crippen LogP contribution in [0.25, 0.3) is 5.76 Å². The molecule has 2 aromatic carbocycles. The summed E-state index contributed by atoms with van der Waals surface area (Å²) in [6.45, 7) is 6.86. The fraction of sp³-hybridized carbons (Fsp3) is 0.286. The molecule has 1 aliphatic rings. The zero-order valence-electron chi connectivity index (χ0n) is 20.3. The maximum absolute atomic E-state index is 13.3. The average Bonchev–Trinajstić information content (AvgIpc) is 3.45. The van der Waals surface area contributed by atoms with E-state index in [4.69, 9.17) is 9.47 Å². The lowest BCUT2D eigenvalue weighted by molar-refractivity contribution is -0.140. The largest absolute Gasteiger partial charge is 0.507 e. The zero-order valence-corrected chi connectivity index (χ0v) is 21.1. The number of carbonyl (C=O) groups is 2. The second kappa shape index (κ2) is 10.4. The fourth-order valence-corrected chi connectivity index (χ4v) is 4.90. The molecule has 7 heteroatoms. The van der Waals surface area contributed by atoms with Crippen LogP contribution < -0.4 is 9.47 Å². The number of nitrogens with zero attached hydrogens (tertiary/aromatic N) is 1. The zero-order chi connectivity index (χ0) is 25.1. The maximum atomic E-state index is 13.3. The normalized spacial score (nSPS) is 17.3. The number of thiophene rings is 1. The Morgan fingerprint density at radius 3 is 2.51 bits per heavy atom. The van der Waals surface area contributed by atoms with Crippen LogP contribution in [-0.2, 0) is 16.1 Å². The van der Waals surface area contributed by atoms with Crippen molar-refractivity contribution in [2.45, 2.75) is 33.4 Å². The molecule has 0 aliphatic carbocycles. The van der Waals surface area contributed by atoms with Crippen LogP contribution in [0.3, 0.4) is 0 Å². The van der Waals surface area contributed by atoms with Gasteiger partial charge in [0, 0.05) is 16.0 Å². The summed E-state index contributed by atoms with van der Waals surface area (Å²) in [6.07, 6.45) is 0. The van der Waals surface area contributed by atoms with Crippen LogP contribution in [0, 0.1) is 12.8 Å². The number of aliphatic hydroxyl groups excluding tert-OH is 1. The molecule has 2 heterocycles. The molecular formula is C28H29NO5S. The van der Waals surface area contributed by atoms with Crippen molar-refractivity contribution in [2.24, 2.45) is 5.92 Å². The number of ether oxygens (including phenoxy) is 2. The number of ketones is 1. The Kier molecular flexibility index (Phi) is 7.26. The minimum Gasteiger partial charge on any atom is -0.507 e. The Morgan fingerprint density at radius 1 is 1.09 bits per heavy atom. The van der Waals surface area contributed by atoms with Crippen molar-refractivity contribution in [3.8, 4) is 11.5 Å². The van der Waals surface area contributed by atoms with Crippen molar-refractivity contribution in [2.75, 3.05) is 13.7 Å². The Labute approximate surface area is 209 Å². The molecule has 1 N–H and O–H groups in total. The molecule has 1 amide bonds. The number of amides is 1. The van der Waals surface area contributed by atoms with Crippen molar-refractivity contribution >= 4 is 28.8 Å². The van der Waals surface area contributed by atoms with Crippen molar-refractivity contribution in [1.29, 1.82) is 0 Å². The Bertz CT molecular complexity index is 1260. The van der Waals surface area contributed by atoms with Gasteiger partial charge in [-0.05, 0) is 54.1 Å². The Hall–Kier alpha value is -3.58. The second-order valence-corrected chi connectivity index (χ2v) is 9.97. The third-order valence-corrected chi connectivity index (χ3v) is 6.76. The fourth-order valence-electron chi connectivity index (χ4n) is 4.20. The van der Waals surface area contributed by atoms with Crippen molar-refractivity contribution in [1.82, 2.24) is 4.90 Å². The van der Waals surface area contributed by atoms with E-state index in [1.807, 2.05) is 42.6 Å². The summed E-state index contributed by atoms with van der Waals surface area (Å²) in [7, 11) is 1.55. The molecule has 0 radical (unpaired) electrons. The highest BCUT2D eigenvalue weighted by Gasteiger charge is 2.47. The lowest BCUT2D eigenvalue weighted by atomic mass is 9.94. The molecule has 3 aromatic rings. The van der Waals surface area contributed by atoms with Gasteiger partial charge >= 0.3 is 0 Å². The maximum Gasteiger partial charge on any atom is 0.295 e. The van der Waals surface area contributed by atoms with Crippen molar-refractivity contribution in [3.05, 3.63) is 87.1 Å². The quantitative estimate of drug-likeness (QED) is 0.248. The summed E-state index contributed by atoms with van der Waals surface area (Å²) >= 11 is 1.51. The lowest BCUT2D eigenvalue weighted by Gasteiger charge is -2.26. The molecule has 0 saturated carbocycles. The number of carbonyl (C=O) groups excluding carboxylic acids is 2. The number of likely N-dealkylation sites (tertiary alicyclic amines) is 1. The van der Waals surface area contributed by atoms with Crippen LogP contribution in [0.4, 0.5) is 0 Å². The first-order chi connectivity index (χ1) is 16.8. The van der Waals surface area contributed by atoms with Crippen LogP contribution >= 0.6 is 11.3 Å². The minimum absolute atomic E-state index is 0.0475. The predicted octanol–water partition coefficient (Wildman–Crippen LogP) is 5.72. The summed E-state index contributed by atoms with van der Waals surface area (Å²) in [6, 6.07) is 15.6. The minimum atomic E-state index is -0.787. The van der Waals surface area contributed by atoms with Gasteiger partial charge < -0.3 is 19.5 Å². The Morgan fingerprint density at radius 2 is 1.86 bits per heavy atom. The van der Waals surface area contributed by atoms with Crippen molar-refractivity contribution in [3.63, 3.8) is 0 Å². The van der Waals surface area contributed by atoms with Gasteiger partial charge in [0.25, 0.3) is 11.7 Å². The summed E-state index contributed by atoms with van der Waals surface area (Å²) in [5, 5.41) is 13.3. The standard InChI is InChI=1S/C28H29NO5S/c1-17(2)16-34-22-12-11-19(14-18(22)3)26(30)24-25(21-9-5-6-10-23(21)33-4)29(28(32)27(24)31)15-20-8-7-13-35-20/h5-14,17,25,30H,15-16H2,1-4H3/b26-24+. The van der Waals surface area contributed by atoms with Gasteiger partial charge in [0.15, 0.2) is 0 Å². The van der Waals surface area contributed by atoms with Gasteiger partial charge in [-0.15, -0.1) is 11.3 Å². The predicted molar refractivity (Wildman–Crippen MR) is 137 cm³/mol. The molecule has 4 rings (SSSR count). The molecule has 0 spiro atoms. The Balaban J connectivity index is 1.82. The molecule has 35 heavy (non-hydrogen) atoms. The smallest absolute Gasteiger partial charge is 0.295 e. The first-order valence-corrected chi connectivity index (χ1v) is 12.4. The van der Waals surface area contributed by atoms with Crippen LogP contribution in [0.1, 0.15) is 41.5 Å². The van der Waals surface area contributed by atoms with Gasteiger partial charge in [0.05, 0.1) is 31.9 Å². The first-order valence-electron chi connectivity index (χ1n) is 11.5. The number of methoxy groups -OCH3 is 1. The van der Waals surface area contributed by atoms with Gasteiger partial charge in [0.1, 0.15) is 17.3 Å². The van der Waals surface area contributed by atoms with Crippen LogP contribution in [0.15, 0.2) is 65.6 Å². The van der Waals surface area contributed by atoms with E-state index in [0.717, 1.165) is 16.2 Å². The van der Waals surface area contributed by atoms with Gasteiger partial charge in [-0.3, -0.25) is 9.59 Å². The van der Waals surface area contributed by atoms with Gasteiger partial charge in [-0.1, -0.05) is 38.1 Å². The van der Waals surface area contributed by atoms with Gasteiger partial charge in [-0.25, -0.2) is 0 Å². The van der Waals surface area contributed by atoms with Crippen molar-refractivity contribution < 1.29 is 24.2 Å². The molecule has 1 fully saturated rings. The molecule has 1 aromatic heterocycles. The van der Waals surface area contributed by atoms with Gasteiger partial charge in [0.2, 0.25) is 0 Å². The molecule has 182 valence electrons.